The lowest BCUT2D eigenvalue weighted by atomic mass is 10.1. The monoisotopic (exact) mass is 778 g/mol. The van der Waals surface area contributed by atoms with Crippen LogP contribution in [0.25, 0.3) is 0 Å². The number of Topliss-reactive ketones (excluding diaryl/α,β-unsaturated/α-hetero) is 3. The van der Waals surface area contributed by atoms with E-state index >= 15 is 0 Å². The number of allylic oxidation sites excluding steroid dienone is 3. The van der Waals surface area contributed by atoms with Crippen molar-refractivity contribution < 1.29 is 49.8 Å². The molecule has 0 spiro atoms. The lowest BCUT2D eigenvalue weighted by Gasteiger charge is -2.28. The van der Waals surface area contributed by atoms with Gasteiger partial charge in [-0.25, -0.2) is 0 Å². The number of hydrogen-bond donors (Lipinski definition) is 0. The quantitative estimate of drug-likeness (QED) is 0.0514. The maximum atomic E-state index is 11.5. The molecular weight excluding hydrogens is 705 g/mol. The number of carbonyl (C=O) groups is 3. The number of hydrogen-bond acceptors (Lipinski definition) is 11. The third kappa shape index (κ3) is 25.3. The van der Waals surface area contributed by atoms with Crippen LogP contribution in [-0.4, -0.2) is 97.4 Å². The van der Waals surface area contributed by atoms with Crippen molar-refractivity contribution in [2.45, 2.75) is 132 Å². The van der Waals surface area contributed by atoms with Crippen LogP contribution in [0.5, 0.6) is 0 Å². The number of carbonyl (C=O) groups excluding carboxylic acids is 3. The third-order valence-corrected chi connectivity index (χ3v) is 17.5. The SMILES string of the molecule is C=C(C)C(=O)CCC[Si](CC)(OCC)OCC.C=C(C)C(=O)CCC[Si](OC)(OCC)OCC.C=C(C)C(=O)CCC[Si](OC)(OCC)OCC. The second-order valence-electron chi connectivity index (χ2n) is 11.8. The molecule has 0 aliphatic heterocycles. The standard InChI is InChI=1S/C13H26O3Si.2C12H24O4Si/c1-6-15-17(8-3,16-7-2)11-9-10-13(14)12(4)5;2*1-6-15-17(14-5,16-7-2)10-8-9-12(13)11(3)4/h4,6-11H2,1-3,5H3;2*3,6-10H2,1-2,4-5H3. The second-order valence-corrected chi connectivity index (χ2v) is 21.1. The largest absolute Gasteiger partial charge is 0.500 e. The van der Waals surface area contributed by atoms with E-state index in [9.17, 15) is 14.4 Å². The first-order chi connectivity index (χ1) is 24.0. The van der Waals surface area contributed by atoms with Crippen LogP contribution < -0.4 is 0 Å². The molecule has 0 unspecified atom stereocenters. The fourth-order valence-electron chi connectivity index (χ4n) is 4.87. The Kier molecular flexibility index (Phi) is 33.9. The zero-order valence-corrected chi connectivity index (χ0v) is 37.4. The summed E-state index contributed by atoms with van der Waals surface area (Å²) in [6.07, 6.45) is 3.79. The molecule has 11 nitrogen and oxygen atoms in total. The van der Waals surface area contributed by atoms with Gasteiger partial charge in [-0.15, -0.1) is 0 Å². The van der Waals surface area contributed by atoms with E-state index in [1.54, 1.807) is 35.0 Å². The Morgan fingerprint density at radius 1 is 0.451 bits per heavy atom. The van der Waals surface area contributed by atoms with Gasteiger partial charge in [-0.3, -0.25) is 14.4 Å². The molecule has 0 fully saturated rings. The van der Waals surface area contributed by atoms with Crippen molar-refractivity contribution in [1.82, 2.24) is 0 Å². The van der Waals surface area contributed by atoms with Crippen molar-refractivity contribution in [1.29, 1.82) is 0 Å². The predicted molar refractivity (Wildman–Crippen MR) is 213 cm³/mol. The fraction of sp³-hybridized carbons (Fsp3) is 0.757. The molecule has 0 radical (unpaired) electrons. The van der Waals surface area contributed by atoms with E-state index < -0.39 is 26.2 Å². The first-order valence-electron chi connectivity index (χ1n) is 18.5. The van der Waals surface area contributed by atoms with Gasteiger partial charge in [-0.05, 0) is 110 Å². The van der Waals surface area contributed by atoms with Crippen molar-refractivity contribution in [2.24, 2.45) is 0 Å². The van der Waals surface area contributed by atoms with E-state index in [-0.39, 0.29) is 17.3 Å². The van der Waals surface area contributed by atoms with E-state index in [0.717, 1.165) is 18.5 Å². The van der Waals surface area contributed by atoms with Crippen LogP contribution in [-0.2, 0) is 49.8 Å². The van der Waals surface area contributed by atoms with Crippen LogP contribution in [0.2, 0.25) is 24.2 Å². The molecule has 0 heterocycles. The Balaban J connectivity index is -0.000000678. The second kappa shape index (κ2) is 32.0. The van der Waals surface area contributed by atoms with Crippen LogP contribution in [0, 0.1) is 0 Å². The summed E-state index contributed by atoms with van der Waals surface area (Å²) in [5.74, 6) is 0.339. The van der Waals surface area contributed by atoms with Crippen molar-refractivity contribution in [2.75, 3.05) is 53.9 Å². The van der Waals surface area contributed by atoms with E-state index in [1.807, 2.05) is 41.5 Å². The summed E-state index contributed by atoms with van der Waals surface area (Å²) in [6.45, 7) is 33.5. The molecule has 0 aromatic heterocycles. The van der Waals surface area contributed by atoms with E-state index in [1.165, 1.54) is 0 Å². The van der Waals surface area contributed by atoms with E-state index in [4.69, 9.17) is 35.4 Å². The Morgan fingerprint density at radius 3 is 0.902 bits per heavy atom. The highest BCUT2D eigenvalue weighted by atomic mass is 28.4. The topological polar surface area (TPSA) is 125 Å². The average molecular weight is 779 g/mol. The molecule has 14 heteroatoms. The van der Waals surface area contributed by atoms with Gasteiger partial charge in [-0.2, -0.15) is 0 Å². The summed E-state index contributed by atoms with van der Waals surface area (Å²) in [6, 6.07) is 3.18. The first-order valence-corrected chi connectivity index (χ1v) is 24.6. The van der Waals surface area contributed by atoms with Gasteiger partial charge in [0.15, 0.2) is 17.3 Å². The van der Waals surface area contributed by atoms with E-state index in [2.05, 4.69) is 26.7 Å². The Bertz CT molecular complexity index is 863. The Labute approximate surface area is 314 Å². The van der Waals surface area contributed by atoms with Crippen LogP contribution in [0.3, 0.4) is 0 Å². The summed E-state index contributed by atoms with van der Waals surface area (Å²) in [7, 11) is -3.94. The lowest BCUT2D eigenvalue weighted by Crippen LogP contribution is -2.44. The molecule has 0 saturated carbocycles. The summed E-state index contributed by atoms with van der Waals surface area (Å²) >= 11 is 0. The molecule has 300 valence electrons. The van der Waals surface area contributed by atoms with Gasteiger partial charge in [0, 0.05) is 85.2 Å². The molecule has 0 aliphatic carbocycles. The van der Waals surface area contributed by atoms with Crippen LogP contribution in [0.1, 0.15) is 108 Å². The summed E-state index contributed by atoms with van der Waals surface area (Å²) in [5, 5.41) is 0. The highest BCUT2D eigenvalue weighted by Gasteiger charge is 2.40. The van der Waals surface area contributed by atoms with Gasteiger partial charge in [0.25, 0.3) is 0 Å². The molecule has 0 saturated heterocycles. The molecule has 0 amide bonds. The molecular formula is C37H74O11Si3. The van der Waals surface area contributed by atoms with Crippen molar-refractivity contribution in [3.8, 4) is 0 Å². The van der Waals surface area contributed by atoms with Gasteiger partial charge in [0.05, 0.1) is 0 Å². The van der Waals surface area contributed by atoms with Gasteiger partial charge in [0.2, 0.25) is 0 Å². The summed E-state index contributed by atoms with van der Waals surface area (Å²) < 4.78 is 45.0. The molecule has 0 N–H and O–H groups in total. The molecule has 0 bridgehead atoms. The predicted octanol–water partition coefficient (Wildman–Crippen LogP) is 8.59. The van der Waals surface area contributed by atoms with Crippen molar-refractivity contribution in [3.63, 3.8) is 0 Å². The minimum absolute atomic E-state index is 0.0944. The van der Waals surface area contributed by atoms with Gasteiger partial charge < -0.3 is 35.4 Å². The van der Waals surface area contributed by atoms with Crippen molar-refractivity contribution in [3.05, 3.63) is 36.5 Å². The highest BCUT2D eigenvalue weighted by Crippen LogP contribution is 2.23. The van der Waals surface area contributed by atoms with Crippen LogP contribution in [0.4, 0.5) is 0 Å². The fourth-order valence-corrected chi connectivity index (χ4v) is 12.4. The minimum atomic E-state index is -2.55. The molecule has 0 aromatic carbocycles. The molecule has 0 rings (SSSR count). The molecule has 0 aromatic rings. The zero-order valence-electron chi connectivity index (χ0n) is 34.4. The maximum absolute atomic E-state index is 11.5. The smallest absolute Gasteiger partial charge is 0.394 e. The Hall–Kier alpha value is -1.44. The van der Waals surface area contributed by atoms with Gasteiger partial charge in [0.1, 0.15) is 0 Å². The minimum Gasteiger partial charge on any atom is -0.394 e. The third-order valence-electron chi connectivity index (χ3n) is 7.60. The van der Waals surface area contributed by atoms with Gasteiger partial charge in [-0.1, -0.05) is 26.7 Å². The molecule has 51 heavy (non-hydrogen) atoms. The normalized spacial score (nSPS) is 11.5. The lowest BCUT2D eigenvalue weighted by molar-refractivity contribution is -0.116. The number of ketones is 3. The Morgan fingerprint density at radius 2 is 0.706 bits per heavy atom. The van der Waals surface area contributed by atoms with Gasteiger partial charge >= 0.3 is 26.2 Å². The van der Waals surface area contributed by atoms with Crippen molar-refractivity contribution >= 4 is 43.5 Å². The average Bonchev–Trinajstić information content (AvgIpc) is 3.08. The van der Waals surface area contributed by atoms with Crippen LogP contribution in [0.15, 0.2) is 36.5 Å². The highest BCUT2D eigenvalue weighted by molar-refractivity contribution is 6.67. The summed E-state index contributed by atoms with van der Waals surface area (Å²) in [4.78, 5) is 34.3. The zero-order chi connectivity index (χ0) is 39.9. The molecule has 0 atom stereocenters. The maximum Gasteiger partial charge on any atom is 0.500 e. The first kappa shape index (κ1) is 53.9. The summed E-state index contributed by atoms with van der Waals surface area (Å²) in [5.41, 5.74) is 1.84. The number of rotatable bonds is 30. The molecule has 0 aliphatic rings. The van der Waals surface area contributed by atoms with E-state index in [0.29, 0.717) is 101 Å². The van der Waals surface area contributed by atoms with Crippen LogP contribution >= 0.6 is 0 Å².